The zero-order valence-electron chi connectivity index (χ0n) is 13.6. The van der Waals surface area contributed by atoms with Crippen LogP contribution in [0.5, 0.6) is 0 Å². The molecule has 2 saturated carbocycles. The molecule has 5 nitrogen and oxygen atoms in total. The highest BCUT2D eigenvalue weighted by molar-refractivity contribution is 7.89. The topological polar surface area (TPSA) is 57.7 Å². The summed E-state index contributed by atoms with van der Waals surface area (Å²) in [7, 11) is -3.45. The normalized spacial score (nSPS) is 31.6. The highest BCUT2D eigenvalue weighted by atomic mass is 32.2. The predicted octanol–water partition coefficient (Wildman–Crippen LogP) is 1.94. The van der Waals surface area contributed by atoms with Gasteiger partial charge in [0.2, 0.25) is 15.9 Å². The van der Waals surface area contributed by atoms with Crippen LogP contribution in [0.3, 0.4) is 0 Å². The van der Waals surface area contributed by atoms with Gasteiger partial charge in [-0.25, -0.2) is 8.42 Å². The fourth-order valence-electron chi connectivity index (χ4n) is 4.36. The summed E-state index contributed by atoms with van der Waals surface area (Å²) in [6.45, 7) is 1.79. The SMILES string of the molecule is O=C(C1CC1)N1CCC2(C1)c1ccccc1S(=O)(=O)N2CC1CC1. The van der Waals surface area contributed by atoms with Crippen LogP contribution in [-0.4, -0.2) is 43.2 Å². The lowest BCUT2D eigenvalue weighted by molar-refractivity contribution is -0.131. The van der Waals surface area contributed by atoms with Crippen molar-refractivity contribution in [3.63, 3.8) is 0 Å². The van der Waals surface area contributed by atoms with E-state index in [1.807, 2.05) is 17.0 Å². The van der Waals surface area contributed by atoms with Crippen molar-refractivity contribution in [1.29, 1.82) is 0 Å². The Hall–Kier alpha value is -1.40. The number of nitrogens with zero attached hydrogens (tertiary/aromatic N) is 2. The molecule has 128 valence electrons. The third-order valence-corrected chi connectivity index (χ3v) is 8.03. The van der Waals surface area contributed by atoms with E-state index in [4.69, 9.17) is 0 Å². The third kappa shape index (κ3) is 2.02. The van der Waals surface area contributed by atoms with Gasteiger partial charge in [0.25, 0.3) is 0 Å². The van der Waals surface area contributed by atoms with Crippen molar-refractivity contribution < 1.29 is 13.2 Å². The average molecular weight is 346 g/mol. The van der Waals surface area contributed by atoms with Gasteiger partial charge < -0.3 is 4.90 Å². The molecule has 6 heteroatoms. The lowest BCUT2D eigenvalue weighted by atomic mass is 9.88. The molecule has 1 atom stereocenters. The smallest absolute Gasteiger partial charge is 0.244 e. The molecule has 2 aliphatic heterocycles. The van der Waals surface area contributed by atoms with Crippen molar-refractivity contribution in [2.24, 2.45) is 11.8 Å². The first-order chi connectivity index (χ1) is 11.5. The molecule has 1 unspecified atom stereocenters. The molecule has 0 aromatic heterocycles. The Balaban J connectivity index is 1.57. The van der Waals surface area contributed by atoms with Gasteiger partial charge in [-0.15, -0.1) is 0 Å². The van der Waals surface area contributed by atoms with Gasteiger partial charge in [-0.1, -0.05) is 18.2 Å². The molecule has 0 bridgehead atoms. The van der Waals surface area contributed by atoms with Crippen molar-refractivity contribution in [3.8, 4) is 0 Å². The number of amides is 1. The summed E-state index contributed by atoms with van der Waals surface area (Å²) in [5.74, 6) is 0.893. The second-order valence-electron chi connectivity index (χ2n) is 7.79. The Labute approximate surface area is 142 Å². The van der Waals surface area contributed by atoms with Gasteiger partial charge in [0.1, 0.15) is 0 Å². The van der Waals surface area contributed by atoms with Gasteiger partial charge in [-0.05, 0) is 49.7 Å². The molecular formula is C18H22N2O3S. The average Bonchev–Trinajstić information content (AvgIpc) is 3.49. The number of hydrogen-bond acceptors (Lipinski definition) is 3. The van der Waals surface area contributed by atoms with Crippen LogP contribution in [0.15, 0.2) is 29.2 Å². The molecule has 1 amide bonds. The number of benzene rings is 1. The quantitative estimate of drug-likeness (QED) is 0.840. The van der Waals surface area contributed by atoms with Crippen LogP contribution in [0.1, 0.15) is 37.7 Å². The van der Waals surface area contributed by atoms with Gasteiger partial charge in [0, 0.05) is 25.6 Å². The molecule has 4 aliphatic rings. The molecule has 1 saturated heterocycles. The van der Waals surface area contributed by atoms with Crippen molar-refractivity contribution in [2.45, 2.75) is 42.5 Å². The molecule has 2 aliphatic carbocycles. The maximum absolute atomic E-state index is 13.2. The second kappa shape index (κ2) is 4.82. The first kappa shape index (κ1) is 14.9. The van der Waals surface area contributed by atoms with Crippen molar-refractivity contribution in [2.75, 3.05) is 19.6 Å². The molecule has 24 heavy (non-hydrogen) atoms. The molecule has 2 heterocycles. The fraction of sp³-hybridized carbons (Fsp3) is 0.611. The van der Waals surface area contributed by atoms with Crippen LogP contribution in [0.25, 0.3) is 0 Å². The van der Waals surface area contributed by atoms with Crippen LogP contribution in [-0.2, 0) is 20.4 Å². The molecule has 1 aromatic carbocycles. The summed E-state index contributed by atoms with van der Waals surface area (Å²) in [4.78, 5) is 14.9. The lowest BCUT2D eigenvalue weighted by Gasteiger charge is -2.34. The first-order valence-electron chi connectivity index (χ1n) is 8.93. The van der Waals surface area contributed by atoms with Gasteiger partial charge in [0.15, 0.2) is 0 Å². The van der Waals surface area contributed by atoms with Crippen molar-refractivity contribution in [3.05, 3.63) is 29.8 Å². The standard InChI is InChI=1S/C18H22N2O3S/c21-17(14-7-8-14)19-10-9-18(12-19)15-3-1-2-4-16(15)24(22,23)20(18)11-13-5-6-13/h1-4,13-14H,5-12H2. The van der Waals surface area contributed by atoms with Gasteiger partial charge in [0.05, 0.1) is 10.4 Å². The fourth-order valence-corrected chi connectivity index (χ4v) is 6.50. The Morgan fingerprint density at radius 1 is 1.17 bits per heavy atom. The van der Waals surface area contributed by atoms with Crippen LogP contribution in [0.4, 0.5) is 0 Å². The monoisotopic (exact) mass is 346 g/mol. The van der Waals surface area contributed by atoms with Crippen LogP contribution < -0.4 is 0 Å². The molecule has 5 rings (SSSR count). The van der Waals surface area contributed by atoms with Crippen LogP contribution in [0, 0.1) is 11.8 Å². The van der Waals surface area contributed by atoms with E-state index in [1.165, 1.54) is 0 Å². The molecular weight excluding hydrogens is 324 g/mol. The summed E-state index contributed by atoms with van der Waals surface area (Å²) in [6.07, 6.45) is 4.92. The number of sulfonamides is 1. The minimum absolute atomic E-state index is 0.185. The van der Waals surface area contributed by atoms with E-state index < -0.39 is 15.6 Å². The molecule has 0 N–H and O–H groups in total. The largest absolute Gasteiger partial charge is 0.340 e. The highest BCUT2D eigenvalue weighted by Crippen LogP contribution is 2.51. The van der Waals surface area contributed by atoms with E-state index >= 15 is 0 Å². The lowest BCUT2D eigenvalue weighted by Crippen LogP contribution is -2.47. The Morgan fingerprint density at radius 3 is 2.62 bits per heavy atom. The zero-order valence-corrected chi connectivity index (χ0v) is 14.5. The van der Waals surface area contributed by atoms with Gasteiger partial charge in [-0.3, -0.25) is 4.79 Å². The van der Waals surface area contributed by atoms with Gasteiger partial charge in [-0.2, -0.15) is 4.31 Å². The van der Waals surface area contributed by atoms with Crippen molar-refractivity contribution >= 4 is 15.9 Å². The summed E-state index contributed by atoms with van der Waals surface area (Å²) in [5, 5.41) is 0. The summed E-state index contributed by atoms with van der Waals surface area (Å²) >= 11 is 0. The van der Waals surface area contributed by atoms with E-state index in [2.05, 4.69) is 0 Å². The Bertz CT molecular complexity index is 813. The number of carbonyl (C=O) groups excluding carboxylic acids is 1. The van der Waals surface area contributed by atoms with E-state index in [0.717, 1.165) is 31.2 Å². The molecule has 1 spiro atoms. The first-order valence-corrected chi connectivity index (χ1v) is 10.4. The summed E-state index contributed by atoms with van der Waals surface area (Å²) < 4.78 is 28.0. The number of fused-ring (bicyclic) bond motifs is 2. The molecule has 1 aromatic rings. The highest BCUT2D eigenvalue weighted by Gasteiger charge is 2.58. The maximum atomic E-state index is 13.2. The van der Waals surface area contributed by atoms with E-state index in [-0.39, 0.29) is 11.8 Å². The number of hydrogen-bond donors (Lipinski definition) is 0. The minimum Gasteiger partial charge on any atom is -0.340 e. The summed E-state index contributed by atoms with van der Waals surface area (Å²) in [6, 6.07) is 7.39. The molecule has 3 fully saturated rings. The number of carbonyl (C=O) groups is 1. The third-order valence-electron chi connectivity index (χ3n) is 6.04. The number of rotatable bonds is 3. The molecule has 0 radical (unpaired) electrons. The van der Waals surface area contributed by atoms with E-state index in [9.17, 15) is 13.2 Å². The van der Waals surface area contributed by atoms with Crippen molar-refractivity contribution in [1.82, 2.24) is 9.21 Å². The Kier molecular flexibility index (Phi) is 2.99. The summed E-state index contributed by atoms with van der Waals surface area (Å²) in [5.41, 5.74) is 0.361. The van der Waals surface area contributed by atoms with Crippen LogP contribution >= 0.6 is 0 Å². The van der Waals surface area contributed by atoms with Crippen LogP contribution in [0.2, 0.25) is 0 Å². The van der Waals surface area contributed by atoms with E-state index in [1.54, 1.807) is 16.4 Å². The predicted molar refractivity (Wildman–Crippen MR) is 88.7 cm³/mol. The van der Waals surface area contributed by atoms with Gasteiger partial charge >= 0.3 is 0 Å². The minimum atomic E-state index is -3.45. The maximum Gasteiger partial charge on any atom is 0.244 e. The Morgan fingerprint density at radius 2 is 1.92 bits per heavy atom. The number of likely N-dealkylation sites (tertiary alicyclic amines) is 1. The second-order valence-corrected chi connectivity index (χ2v) is 9.62. The van der Waals surface area contributed by atoms with E-state index in [0.29, 0.717) is 36.9 Å². The zero-order chi connectivity index (χ0) is 16.5.